The van der Waals surface area contributed by atoms with Gasteiger partial charge in [-0.05, 0) is 18.6 Å². The van der Waals surface area contributed by atoms with E-state index in [1.54, 1.807) is 6.26 Å². The molecule has 0 saturated heterocycles. The molecule has 0 radical (unpaired) electrons. The predicted octanol–water partition coefficient (Wildman–Crippen LogP) is 2.46. The Morgan fingerprint density at radius 3 is 2.58 bits per heavy atom. The van der Waals surface area contributed by atoms with Gasteiger partial charge in [0.2, 0.25) is 0 Å². The Hall–Kier alpha value is -0.890. The summed E-state index contributed by atoms with van der Waals surface area (Å²) in [6, 6.07) is 7.72. The molecule has 0 aliphatic heterocycles. The van der Waals surface area contributed by atoms with Crippen LogP contribution in [0.2, 0.25) is 0 Å². The van der Waals surface area contributed by atoms with Gasteiger partial charge in [0.15, 0.2) is 0 Å². The summed E-state index contributed by atoms with van der Waals surface area (Å²) in [7, 11) is -0.893. The third kappa shape index (κ3) is 2.05. The van der Waals surface area contributed by atoms with Crippen molar-refractivity contribution >= 4 is 16.9 Å². The van der Waals surface area contributed by atoms with Crippen molar-refractivity contribution in [3.63, 3.8) is 0 Å². The molecule has 0 heterocycles. The third-order valence-electron chi connectivity index (χ3n) is 1.57. The lowest BCUT2D eigenvalue weighted by molar-refractivity contribution is 0.686. The van der Waals surface area contributed by atoms with Gasteiger partial charge in [0.05, 0.1) is 10.8 Å². The van der Waals surface area contributed by atoms with Gasteiger partial charge in [0.25, 0.3) is 0 Å². The van der Waals surface area contributed by atoms with E-state index in [0.717, 1.165) is 10.5 Å². The number of rotatable bonds is 2. The van der Waals surface area contributed by atoms with Crippen molar-refractivity contribution in [2.75, 3.05) is 6.26 Å². The van der Waals surface area contributed by atoms with Crippen LogP contribution in [0.5, 0.6) is 0 Å². The SMILES string of the molecule is C/C=C/c1ccccc1S(C)=O. The largest absolute Gasteiger partial charge is 0.255 e. The fraction of sp³-hybridized carbons (Fsp3) is 0.200. The molecule has 12 heavy (non-hydrogen) atoms. The van der Waals surface area contributed by atoms with E-state index < -0.39 is 10.8 Å². The molecule has 0 fully saturated rings. The highest BCUT2D eigenvalue weighted by molar-refractivity contribution is 7.84. The Labute approximate surface area is 75.6 Å². The highest BCUT2D eigenvalue weighted by Crippen LogP contribution is 2.13. The fourth-order valence-electron chi connectivity index (χ4n) is 1.06. The highest BCUT2D eigenvalue weighted by atomic mass is 32.2. The monoisotopic (exact) mass is 180 g/mol. The molecule has 0 N–H and O–H groups in total. The Balaban J connectivity index is 3.17. The van der Waals surface area contributed by atoms with E-state index in [1.165, 1.54) is 0 Å². The lowest BCUT2D eigenvalue weighted by Gasteiger charge is -2.00. The second kappa shape index (κ2) is 4.21. The first-order valence-corrected chi connectivity index (χ1v) is 5.36. The molecule has 0 aliphatic rings. The topological polar surface area (TPSA) is 17.1 Å². The van der Waals surface area contributed by atoms with Crippen molar-refractivity contribution in [1.29, 1.82) is 0 Å². The Morgan fingerprint density at radius 1 is 1.33 bits per heavy atom. The maximum Gasteiger partial charge on any atom is 0.0504 e. The van der Waals surface area contributed by atoms with E-state index in [9.17, 15) is 4.21 Å². The van der Waals surface area contributed by atoms with Gasteiger partial charge in [0.1, 0.15) is 0 Å². The zero-order chi connectivity index (χ0) is 8.97. The molecule has 0 aliphatic carbocycles. The van der Waals surface area contributed by atoms with Crippen LogP contribution >= 0.6 is 0 Å². The van der Waals surface area contributed by atoms with Crippen LogP contribution in [0.1, 0.15) is 12.5 Å². The molecule has 1 nitrogen and oxygen atoms in total. The number of hydrogen-bond acceptors (Lipinski definition) is 1. The highest BCUT2D eigenvalue weighted by Gasteiger charge is 2.00. The van der Waals surface area contributed by atoms with Crippen molar-refractivity contribution in [2.45, 2.75) is 11.8 Å². The average molecular weight is 180 g/mol. The van der Waals surface area contributed by atoms with Gasteiger partial charge in [-0.25, -0.2) is 0 Å². The summed E-state index contributed by atoms with van der Waals surface area (Å²) in [4.78, 5) is 0.899. The van der Waals surface area contributed by atoms with Crippen LogP contribution in [-0.4, -0.2) is 10.5 Å². The first-order chi connectivity index (χ1) is 5.75. The van der Waals surface area contributed by atoms with Crippen LogP contribution in [0, 0.1) is 0 Å². The Morgan fingerprint density at radius 2 is 2.00 bits per heavy atom. The second-order valence-corrected chi connectivity index (χ2v) is 3.84. The summed E-state index contributed by atoms with van der Waals surface area (Å²) in [5, 5.41) is 0. The maximum atomic E-state index is 11.2. The van der Waals surface area contributed by atoms with Crippen LogP contribution in [-0.2, 0) is 10.8 Å². The van der Waals surface area contributed by atoms with E-state index in [2.05, 4.69) is 0 Å². The summed E-state index contributed by atoms with van der Waals surface area (Å²) in [6.45, 7) is 1.95. The van der Waals surface area contributed by atoms with Crippen LogP contribution < -0.4 is 0 Å². The Kier molecular flexibility index (Phi) is 3.23. The standard InChI is InChI=1S/C10H12OS/c1-3-6-9-7-4-5-8-10(9)12(2)11/h3-8H,1-2H3/b6-3+. The summed E-state index contributed by atoms with van der Waals surface area (Å²) in [6.07, 6.45) is 5.62. The summed E-state index contributed by atoms with van der Waals surface area (Å²) in [5.41, 5.74) is 1.04. The quantitative estimate of drug-likeness (QED) is 0.683. The number of benzene rings is 1. The fourth-order valence-corrected chi connectivity index (χ4v) is 1.80. The van der Waals surface area contributed by atoms with Crippen LogP contribution in [0.3, 0.4) is 0 Å². The molecule has 1 aromatic carbocycles. The van der Waals surface area contributed by atoms with Gasteiger partial charge in [-0.3, -0.25) is 4.21 Å². The molecule has 1 unspecified atom stereocenters. The minimum absolute atomic E-state index is 0.893. The van der Waals surface area contributed by atoms with Gasteiger partial charge in [-0.2, -0.15) is 0 Å². The zero-order valence-corrected chi connectivity index (χ0v) is 8.10. The van der Waals surface area contributed by atoms with Crippen LogP contribution in [0.4, 0.5) is 0 Å². The molecular formula is C10H12OS. The van der Waals surface area contributed by atoms with Crippen LogP contribution in [0.15, 0.2) is 35.2 Å². The lowest BCUT2D eigenvalue weighted by atomic mass is 10.2. The first-order valence-electron chi connectivity index (χ1n) is 3.81. The van der Waals surface area contributed by atoms with Gasteiger partial charge in [0, 0.05) is 11.2 Å². The normalized spacial score (nSPS) is 13.5. The summed E-state index contributed by atoms with van der Waals surface area (Å²) >= 11 is 0. The van der Waals surface area contributed by atoms with Crippen molar-refractivity contribution in [3.8, 4) is 0 Å². The molecule has 2 heteroatoms. The van der Waals surface area contributed by atoms with Crippen molar-refractivity contribution in [2.24, 2.45) is 0 Å². The summed E-state index contributed by atoms with van der Waals surface area (Å²) < 4.78 is 11.2. The van der Waals surface area contributed by atoms with Crippen molar-refractivity contribution in [3.05, 3.63) is 35.9 Å². The maximum absolute atomic E-state index is 11.2. The molecule has 0 amide bonds. The van der Waals surface area contributed by atoms with Crippen LogP contribution in [0.25, 0.3) is 6.08 Å². The average Bonchev–Trinajstić information content (AvgIpc) is 2.05. The molecule has 0 bridgehead atoms. The molecule has 1 rings (SSSR count). The van der Waals surface area contributed by atoms with Gasteiger partial charge in [-0.1, -0.05) is 30.4 Å². The summed E-state index contributed by atoms with van der Waals surface area (Å²) in [5.74, 6) is 0. The molecule has 1 aromatic rings. The number of allylic oxidation sites excluding steroid dienone is 1. The van der Waals surface area contributed by atoms with Crippen molar-refractivity contribution in [1.82, 2.24) is 0 Å². The van der Waals surface area contributed by atoms with E-state index in [4.69, 9.17) is 0 Å². The molecule has 1 atom stereocenters. The number of hydrogen-bond donors (Lipinski definition) is 0. The molecule has 0 saturated carbocycles. The molecule has 0 aromatic heterocycles. The minimum Gasteiger partial charge on any atom is -0.255 e. The molecular weight excluding hydrogens is 168 g/mol. The van der Waals surface area contributed by atoms with E-state index in [1.807, 2.05) is 43.3 Å². The van der Waals surface area contributed by atoms with Crippen molar-refractivity contribution < 1.29 is 4.21 Å². The minimum atomic E-state index is -0.893. The smallest absolute Gasteiger partial charge is 0.0504 e. The van der Waals surface area contributed by atoms with E-state index in [0.29, 0.717) is 0 Å². The van der Waals surface area contributed by atoms with E-state index >= 15 is 0 Å². The molecule has 64 valence electrons. The van der Waals surface area contributed by atoms with Gasteiger partial charge >= 0.3 is 0 Å². The van der Waals surface area contributed by atoms with Gasteiger partial charge in [-0.15, -0.1) is 0 Å². The zero-order valence-electron chi connectivity index (χ0n) is 7.28. The first kappa shape index (κ1) is 9.20. The second-order valence-electron chi connectivity index (χ2n) is 2.49. The molecule has 0 spiro atoms. The third-order valence-corrected chi connectivity index (χ3v) is 2.57. The predicted molar refractivity (Wildman–Crippen MR) is 53.5 cm³/mol. The van der Waals surface area contributed by atoms with Gasteiger partial charge < -0.3 is 0 Å². The lowest BCUT2D eigenvalue weighted by Crippen LogP contribution is -1.90. The Bertz CT molecular complexity index is 315. The van der Waals surface area contributed by atoms with E-state index in [-0.39, 0.29) is 0 Å².